The minimum atomic E-state index is 0.226. The fraction of sp³-hybridized carbons (Fsp3) is 0.684. The zero-order valence-corrected chi connectivity index (χ0v) is 13.9. The molecule has 0 radical (unpaired) electrons. The first kappa shape index (κ1) is 15.6. The van der Waals surface area contributed by atoms with Crippen LogP contribution in [0.1, 0.15) is 70.9 Å². The summed E-state index contributed by atoms with van der Waals surface area (Å²) < 4.78 is 0. The van der Waals surface area contributed by atoms with Crippen LogP contribution in [-0.2, 0) is 6.42 Å². The number of hydrogen-bond acceptors (Lipinski definition) is 1. The van der Waals surface area contributed by atoms with Gasteiger partial charge in [0, 0.05) is 12.1 Å². The van der Waals surface area contributed by atoms with E-state index < -0.39 is 0 Å². The second kappa shape index (κ2) is 5.89. The quantitative estimate of drug-likeness (QED) is 0.803. The Hall–Kier alpha value is -0.820. The van der Waals surface area contributed by atoms with Crippen molar-refractivity contribution in [2.24, 2.45) is 5.41 Å². The molecule has 0 aromatic heterocycles. The molecule has 1 aliphatic carbocycles. The van der Waals surface area contributed by atoms with Crippen molar-refractivity contribution in [3.8, 4) is 0 Å². The summed E-state index contributed by atoms with van der Waals surface area (Å²) in [5.74, 6) is 0.629. The van der Waals surface area contributed by atoms with Crippen molar-refractivity contribution in [2.75, 3.05) is 6.54 Å². The molecule has 1 aliphatic rings. The van der Waals surface area contributed by atoms with Gasteiger partial charge >= 0.3 is 0 Å². The molecule has 112 valence electrons. The average molecular weight is 273 g/mol. The minimum Gasteiger partial charge on any atom is -0.312 e. The SMILES string of the molecule is CC(C)c1ccc(CC2(CNC(C)(C)C)CCC2)cc1. The molecule has 0 saturated heterocycles. The van der Waals surface area contributed by atoms with Gasteiger partial charge in [0.05, 0.1) is 0 Å². The van der Waals surface area contributed by atoms with Crippen LogP contribution >= 0.6 is 0 Å². The first-order chi connectivity index (χ1) is 9.30. The third kappa shape index (κ3) is 4.09. The second-order valence-electron chi connectivity index (χ2n) is 8.03. The van der Waals surface area contributed by atoms with Crippen LogP contribution in [0.4, 0.5) is 0 Å². The topological polar surface area (TPSA) is 12.0 Å². The summed E-state index contributed by atoms with van der Waals surface area (Å²) in [7, 11) is 0. The monoisotopic (exact) mass is 273 g/mol. The average Bonchev–Trinajstić information content (AvgIpc) is 2.32. The van der Waals surface area contributed by atoms with Crippen molar-refractivity contribution < 1.29 is 0 Å². The molecule has 2 rings (SSSR count). The molecular weight excluding hydrogens is 242 g/mol. The molecule has 0 amide bonds. The Morgan fingerprint density at radius 3 is 2.10 bits per heavy atom. The van der Waals surface area contributed by atoms with E-state index in [1.807, 2.05) is 0 Å². The summed E-state index contributed by atoms with van der Waals surface area (Å²) in [5, 5.41) is 3.71. The lowest BCUT2D eigenvalue weighted by Crippen LogP contribution is -2.47. The van der Waals surface area contributed by atoms with Gasteiger partial charge < -0.3 is 5.32 Å². The molecule has 0 atom stereocenters. The van der Waals surface area contributed by atoms with Crippen molar-refractivity contribution in [1.82, 2.24) is 5.32 Å². The minimum absolute atomic E-state index is 0.226. The molecule has 1 nitrogen and oxygen atoms in total. The Morgan fingerprint density at radius 2 is 1.70 bits per heavy atom. The molecule has 0 unspecified atom stereocenters. The van der Waals surface area contributed by atoms with Crippen LogP contribution in [0.3, 0.4) is 0 Å². The Balaban J connectivity index is 1.99. The van der Waals surface area contributed by atoms with Gasteiger partial charge in [0.25, 0.3) is 0 Å². The van der Waals surface area contributed by atoms with Crippen LogP contribution < -0.4 is 5.32 Å². The summed E-state index contributed by atoms with van der Waals surface area (Å²) in [5.41, 5.74) is 3.69. The highest BCUT2D eigenvalue weighted by Crippen LogP contribution is 2.43. The maximum Gasteiger partial charge on any atom is 0.00967 e. The van der Waals surface area contributed by atoms with Crippen LogP contribution in [0.5, 0.6) is 0 Å². The third-order valence-electron chi connectivity index (χ3n) is 4.63. The molecule has 1 heteroatoms. The van der Waals surface area contributed by atoms with E-state index in [-0.39, 0.29) is 5.54 Å². The highest BCUT2D eigenvalue weighted by molar-refractivity contribution is 5.26. The van der Waals surface area contributed by atoms with Crippen molar-refractivity contribution in [3.63, 3.8) is 0 Å². The van der Waals surface area contributed by atoms with Gasteiger partial charge in [0.2, 0.25) is 0 Å². The normalized spacial score (nSPS) is 18.1. The Labute approximate surface area is 125 Å². The Kier molecular flexibility index (Phi) is 4.59. The van der Waals surface area contributed by atoms with Gasteiger partial charge in [-0.15, -0.1) is 0 Å². The van der Waals surface area contributed by atoms with E-state index in [1.54, 1.807) is 0 Å². The van der Waals surface area contributed by atoms with Gasteiger partial charge in [-0.1, -0.05) is 44.5 Å². The van der Waals surface area contributed by atoms with Crippen molar-refractivity contribution in [1.29, 1.82) is 0 Å². The van der Waals surface area contributed by atoms with Crippen LogP contribution in [-0.4, -0.2) is 12.1 Å². The number of benzene rings is 1. The van der Waals surface area contributed by atoms with E-state index in [0.29, 0.717) is 11.3 Å². The van der Waals surface area contributed by atoms with E-state index in [1.165, 1.54) is 36.8 Å². The Bertz CT molecular complexity index is 418. The van der Waals surface area contributed by atoms with Gasteiger partial charge in [-0.3, -0.25) is 0 Å². The third-order valence-corrected chi connectivity index (χ3v) is 4.63. The standard InChI is InChI=1S/C19H31N/c1-15(2)17-9-7-16(8-10-17)13-19(11-6-12-19)14-20-18(3,4)5/h7-10,15,20H,6,11-14H2,1-5H3. The molecule has 1 fully saturated rings. The highest BCUT2D eigenvalue weighted by atomic mass is 15.0. The summed E-state index contributed by atoms with van der Waals surface area (Å²) in [6.07, 6.45) is 5.38. The summed E-state index contributed by atoms with van der Waals surface area (Å²) >= 11 is 0. The summed E-state index contributed by atoms with van der Waals surface area (Å²) in [4.78, 5) is 0. The predicted octanol–water partition coefficient (Wildman–Crippen LogP) is 4.91. The first-order valence-corrected chi connectivity index (χ1v) is 8.14. The number of rotatable bonds is 5. The summed E-state index contributed by atoms with van der Waals surface area (Å²) in [6, 6.07) is 9.30. The van der Waals surface area contributed by atoms with Crippen molar-refractivity contribution >= 4 is 0 Å². The fourth-order valence-corrected chi connectivity index (χ4v) is 3.00. The molecule has 1 N–H and O–H groups in total. The first-order valence-electron chi connectivity index (χ1n) is 8.14. The van der Waals surface area contributed by atoms with Crippen LogP contribution in [0.2, 0.25) is 0 Å². The fourth-order valence-electron chi connectivity index (χ4n) is 3.00. The van der Waals surface area contributed by atoms with Gasteiger partial charge in [0.15, 0.2) is 0 Å². The van der Waals surface area contributed by atoms with E-state index in [0.717, 1.165) is 6.54 Å². The molecule has 1 aromatic carbocycles. The second-order valence-corrected chi connectivity index (χ2v) is 8.03. The lowest BCUT2D eigenvalue weighted by Gasteiger charge is -2.44. The molecule has 1 saturated carbocycles. The van der Waals surface area contributed by atoms with Crippen molar-refractivity contribution in [2.45, 2.75) is 71.8 Å². The van der Waals surface area contributed by atoms with E-state index in [4.69, 9.17) is 0 Å². The number of hydrogen-bond donors (Lipinski definition) is 1. The molecule has 0 aliphatic heterocycles. The van der Waals surface area contributed by atoms with Gasteiger partial charge in [0.1, 0.15) is 0 Å². The van der Waals surface area contributed by atoms with Gasteiger partial charge in [-0.05, 0) is 62.5 Å². The lowest BCUT2D eigenvalue weighted by atomic mass is 9.65. The van der Waals surface area contributed by atoms with Crippen LogP contribution in [0, 0.1) is 5.41 Å². The van der Waals surface area contributed by atoms with Crippen molar-refractivity contribution in [3.05, 3.63) is 35.4 Å². The van der Waals surface area contributed by atoms with Gasteiger partial charge in [-0.25, -0.2) is 0 Å². The highest BCUT2D eigenvalue weighted by Gasteiger charge is 2.37. The van der Waals surface area contributed by atoms with E-state index in [2.05, 4.69) is 64.2 Å². The van der Waals surface area contributed by atoms with E-state index >= 15 is 0 Å². The smallest absolute Gasteiger partial charge is 0.00967 e. The molecular formula is C19H31N. The molecule has 20 heavy (non-hydrogen) atoms. The molecule has 0 spiro atoms. The predicted molar refractivity (Wildman–Crippen MR) is 88.3 cm³/mol. The van der Waals surface area contributed by atoms with Crippen LogP contribution in [0.25, 0.3) is 0 Å². The maximum atomic E-state index is 3.71. The van der Waals surface area contributed by atoms with Gasteiger partial charge in [-0.2, -0.15) is 0 Å². The Morgan fingerprint density at radius 1 is 1.10 bits per heavy atom. The lowest BCUT2D eigenvalue weighted by molar-refractivity contribution is 0.118. The van der Waals surface area contributed by atoms with E-state index in [9.17, 15) is 0 Å². The van der Waals surface area contributed by atoms with Crippen LogP contribution in [0.15, 0.2) is 24.3 Å². The molecule has 0 heterocycles. The zero-order valence-electron chi connectivity index (χ0n) is 13.9. The zero-order chi connectivity index (χ0) is 14.8. The largest absolute Gasteiger partial charge is 0.312 e. The molecule has 1 aromatic rings. The summed E-state index contributed by atoms with van der Waals surface area (Å²) in [6.45, 7) is 12.5. The maximum absolute atomic E-state index is 3.71. The molecule has 0 bridgehead atoms. The number of nitrogens with one attached hydrogen (secondary N) is 1.